The second kappa shape index (κ2) is 5.38. The minimum atomic E-state index is -4.79. The standard InChI is InChI=1S/C12H16F3NO/c1-3-9(4-2)7-16-6-5-10(8-16)11(17)12(13,14)15/h5-6,8-9H,3-4,7H2,1-2H3. The first-order valence-corrected chi connectivity index (χ1v) is 5.65. The first-order valence-electron chi connectivity index (χ1n) is 5.65. The molecule has 17 heavy (non-hydrogen) atoms. The molecule has 0 saturated heterocycles. The van der Waals surface area contributed by atoms with Crippen molar-refractivity contribution in [3.63, 3.8) is 0 Å². The van der Waals surface area contributed by atoms with Gasteiger partial charge in [-0.3, -0.25) is 4.79 Å². The molecule has 1 aromatic heterocycles. The van der Waals surface area contributed by atoms with Gasteiger partial charge in [-0.05, 0) is 12.0 Å². The Morgan fingerprint density at radius 1 is 1.35 bits per heavy atom. The lowest BCUT2D eigenvalue weighted by Crippen LogP contribution is -2.22. The van der Waals surface area contributed by atoms with Gasteiger partial charge in [-0.25, -0.2) is 0 Å². The second-order valence-corrected chi connectivity index (χ2v) is 4.11. The molecule has 0 amide bonds. The molecule has 0 radical (unpaired) electrons. The highest BCUT2D eigenvalue weighted by Crippen LogP contribution is 2.22. The smallest absolute Gasteiger partial charge is 0.353 e. The number of alkyl halides is 3. The lowest BCUT2D eigenvalue weighted by molar-refractivity contribution is -0.0885. The molecule has 0 fully saturated rings. The fraction of sp³-hybridized carbons (Fsp3) is 0.583. The lowest BCUT2D eigenvalue weighted by atomic mass is 10.0. The molecule has 5 heteroatoms. The van der Waals surface area contributed by atoms with Crippen LogP contribution in [0.15, 0.2) is 18.5 Å². The van der Waals surface area contributed by atoms with E-state index in [9.17, 15) is 18.0 Å². The molecule has 0 spiro atoms. The van der Waals surface area contributed by atoms with Crippen LogP contribution in [-0.2, 0) is 6.54 Å². The van der Waals surface area contributed by atoms with Crippen LogP contribution in [0.4, 0.5) is 13.2 Å². The number of hydrogen-bond donors (Lipinski definition) is 0. The van der Waals surface area contributed by atoms with Gasteiger partial charge in [0.2, 0.25) is 0 Å². The Morgan fingerprint density at radius 2 is 1.94 bits per heavy atom. The van der Waals surface area contributed by atoms with Crippen LogP contribution in [-0.4, -0.2) is 16.5 Å². The molecular formula is C12H16F3NO. The van der Waals surface area contributed by atoms with Crippen molar-refractivity contribution >= 4 is 5.78 Å². The van der Waals surface area contributed by atoms with Crippen LogP contribution in [0.3, 0.4) is 0 Å². The number of halogens is 3. The Hall–Kier alpha value is -1.26. The van der Waals surface area contributed by atoms with Crippen LogP contribution in [0.1, 0.15) is 37.0 Å². The van der Waals surface area contributed by atoms with E-state index in [2.05, 4.69) is 0 Å². The van der Waals surface area contributed by atoms with E-state index in [1.54, 1.807) is 4.57 Å². The Labute approximate surface area is 98.4 Å². The zero-order valence-electron chi connectivity index (χ0n) is 9.92. The third-order valence-corrected chi connectivity index (χ3v) is 2.89. The van der Waals surface area contributed by atoms with Gasteiger partial charge in [0.25, 0.3) is 5.78 Å². The summed E-state index contributed by atoms with van der Waals surface area (Å²) in [4.78, 5) is 11.0. The van der Waals surface area contributed by atoms with E-state index in [1.165, 1.54) is 18.5 Å². The molecule has 1 heterocycles. The van der Waals surface area contributed by atoms with E-state index in [1.807, 2.05) is 13.8 Å². The Morgan fingerprint density at radius 3 is 2.41 bits per heavy atom. The molecule has 0 N–H and O–H groups in total. The first-order chi connectivity index (χ1) is 7.88. The van der Waals surface area contributed by atoms with Gasteiger partial charge in [0.1, 0.15) is 0 Å². The molecule has 0 aliphatic rings. The summed E-state index contributed by atoms with van der Waals surface area (Å²) in [5.41, 5.74) is -0.288. The number of carbonyl (C=O) groups excluding carboxylic acids is 1. The summed E-state index contributed by atoms with van der Waals surface area (Å²) in [7, 11) is 0. The van der Waals surface area contributed by atoms with E-state index in [0.717, 1.165) is 12.8 Å². The van der Waals surface area contributed by atoms with Gasteiger partial charge >= 0.3 is 6.18 Å². The molecule has 1 aromatic rings. The maximum atomic E-state index is 12.2. The zero-order valence-corrected chi connectivity index (χ0v) is 9.92. The lowest BCUT2D eigenvalue weighted by Gasteiger charge is -2.12. The SMILES string of the molecule is CCC(CC)Cn1ccc(C(=O)C(F)(F)F)c1. The largest absolute Gasteiger partial charge is 0.454 e. The summed E-state index contributed by atoms with van der Waals surface area (Å²) in [5.74, 6) is -1.35. The van der Waals surface area contributed by atoms with Crippen molar-refractivity contribution in [2.45, 2.75) is 39.4 Å². The number of aromatic nitrogens is 1. The van der Waals surface area contributed by atoms with Crippen molar-refractivity contribution in [2.24, 2.45) is 5.92 Å². The van der Waals surface area contributed by atoms with Crippen LogP contribution >= 0.6 is 0 Å². The van der Waals surface area contributed by atoms with Crippen molar-refractivity contribution in [3.8, 4) is 0 Å². The Bertz CT molecular complexity index is 377. The van der Waals surface area contributed by atoms with Crippen molar-refractivity contribution in [1.82, 2.24) is 4.57 Å². The monoisotopic (exact) mass is 247 g/mol. The predicted molar refractivity (Wildman–Crippen MR) is 58.9 cm³/mol. The topological polar surface area (TPSA) is 22.0 Å². The van der Waals surface area contributed by atoms with Gasteiger partial charge < -0.3 is 4.57 Å². The molecule has 96 valence electrons. The summed E-state index contributed by atoms with van der Waals surface area (Å²) < 4.78 is 38.2. The van der Waals surface area contributed by atoms with Crippen molar-refractivity contribution in [2.75, 3.05) is 0 Å². The molecule has 0 unspecified atom stereocenters. The van der Waals surface area contributed by atoms with E-state index in [-0.39, 0.29) is 5.56 Å². The molecule has 0 atom stereocenters. The molecule has 1 rings (SSSR count). The predicted octanol–water partition coefficient (Wildman–Crippen LogP) is 3.67. The first kappa shape index (κ1) is 13.8. The second-order valence-electron chi connectivity index (χ2n) is 4.11. The van der Waals surface area contributed by atoms with Crippen LogP contribution < -0.4 is 0 Å². The molecule has 2 nitrogen and oxygen atoms in total. The summed E-state index contributed by atoms with van der Waals surface area (Å²) in [6, 6.07) is 1.22. The third kappa shape index (κ3) is 3.61. The molecule has 0 aliphatic heterocycles. The van der Waals surface area contributed by atoms with E-state index >= 15 is 0 Å². The van der Waals surface area contributed by atoms with Crippen molar-refractivity contribution < 1.29 is 18.0 Å². The Kier molecular flexibility index (Phi) is 4.37. The number of rotatable bonds is 5. The number of ketones is 1. The summed E-state index contributed by atoms with van der Waals surface area (Å²) >= 11 is 0. The van der Waals surface area contributed by atoms with Crippen molar-refractivity contribution in [3.05, 3.63) is 24.0 Å². The van der Waals surface area contributed by atoms with Gasteiger partial charge in [-0.1, -0.05) is 26.7 Å². The van der Waals surface area contributed by atoms with Gasteiger partial charge in [0, 0.05) is 24.5 Å². The van der Waals surface area contributed by atoms with E-state index < -0.39 is 12.0 Å². The molecule has 0 bridgehead atoms. The number of hydrogen-bond acceptors (Lipinski definition) is 1. The van der Waals surface area contributed by atoms with Crippen molar-refractivity contribution in [1.29, 1.82) is 0 Å². The molecular weight excluding hydrogens is 231 g/mol. The fourth-order valence-corrected chi connectivity index (χ4v) is 1.70. The molecule has 0 aliphatic carbocycles. The average molecular weight is 247 g/mol. The van der Waals surface area contributed by atoms with Crippen LogP contribution in [0.25, 0.3) is 0 Å². The maximum Gasteiger partial charge on any atom is 0.454 e. The summed E-state index contributed by atoms with van der Waals surface area (Å²) in [6.07, 6.45) is -0.0546. The number of carbonyl (C=O) groups is 1. The summed E-state index contributed by atoms with van der Waals surface area (Å²) in [6.45, 7) is 4.73. The van der Waals surface area contributed by atoms with Crippen LogP contribution in [0, 0.1) is 5.92 Å². The highest BCUT2D eigenvalue weighted by atomic mass is 19.4. The highest BCUT2D eigenvalue weighted by Gasteiger charge is 2.39. The summed E-state index contributed by atoms with van der Waals surface area (Å²) in [5, 5.41) is 0. The number of Topliss-reactive ketones (excluding diaryl/α,β-unsaturated/α-hetero) is 1. The maximum absolute atomic E-state index is 12.2. The van der Waals surface area contributed by atoms with E-state index in [4.69, 9.17) is 0 Å². The van der Waals surface area contributed by atoms with Crippen LogP contribution in [0.5, 0.6) is 0 Å². The zero-order chi connectivity index (χ0) is 13.1. The van der Waals surface area contributed by atoms with E-state index in [0.29, 0.717) is 12.5 Å². The van der Waals surface area contributed by atoms with Gasteiger partial charge in [-0.15, -0.1) is 0 Å². The van der Waals surface area contributed by atoms with Gasteiger partial charge in [0.05, 0.1) is 0 Å². The molecule has 0 aromatic carbocycles. The average Bonchev–Trinajstić information content (AvgIpc) is 2.71. The molecule has 0 saturated carbocycles. The minimum absolute atomic E-state index is 0.288. The van der Waals surface area contributed by atoms with Gasteiger partial charge in [0.15, 0.2) is 0 Å². The highest BCUT2D eigenvalue weighted by molar-refractivity contribution is 6.00. The van der Waals surface area contributed by atoms with Gasteiger partial charge in [-0.2, -0.15) is 13.2 Å². The van der Waals surface area contributed by atoms with Crippen LogP contribution in [0.2, 0.25) is 0 Å². The quantitative estimate of drug-likeness (QED) is 0.728. The Balaban J connectivity index is 2.75. The number of nitrogens with zero attached hydrogens (tertiary/aromatic N) is 1. The minimum Gasteiger partial charge on any atom is -0.353 e. The normalized spacial score (nSPS) is 12.1. The fourth-order valence-electron chi connectivity index (χ4n) is 1.70. The third-order valence-electron chi connectivity index (χ3n) is 2.89.